The second-order valence-corrected chi connectivity index (χ2v) is 4.87. The number of hydrogen-bond acceptors (Lipinski definition) is 3. The lowest BCUT2D eigenvalue weighted by molar-refractivity contribution is 0.0538. The molecule has 0 spiro atoms. The van der Waals surface area contributed by atoms with Crippen LogP contribution in [0.1, 0.15) is 5.56 Å². The number of rotatable bonds is 6. The van der Waals surface area contributed by atoms with Crippen LogP contribution in [0.15, 0.2) is 30.3 Å². The van der Waals surface area contributed by atoms with Crippen LogP contribution in [0, 0.1) is 0 Å². The highest BCUT2D eigenvalue weighted by Gasteiger charge is 2.14. The van der Waals surface area contributed by atoms with Gasteiger partial charge in [0.05, 0.1) is 29.8 Å². The lowest BCUT2D eigenvalue weighted by Crippen LogP contribution is -2.28. The van der Waals surface area contributed by atoms with E-state index >= 15 is 0 Å². The molecule has 0 aliphatic carbocycles. The first-order chi connectivity index (χ1) is 7.24. The molecular weight excluding hydrogens is 307 g/mol. The van der Waals surface area contributed by atoms with E-state index in [4.69, 9.17) is 9.84 Å². The minimum absolute atomic E-state index is 0.0729. The molecule has 3 nitrogen and oxygen atoms in total. The summed E-state index contributed by atoms with van der Waals surface area (Å²) in [5.41, 5.74) is 1.11. The van der Waals surface area contributed by atoms with Crippen LogP contribution in [-0.4, -0.2) is 33.5 Å². The maximum Gasteiger partial charge on any atom is 0.0910 e. The zero-order chi connectivity index (χ0) is 11.1. The molecule has 0 bridgehead atoms. The predicted molar refractivity (Wildman–Crippen MR) is 67.0 cm³/mol. The average molecular weight is 322 g/mol. The van der Waals surface area contributed by atoms with Crippen LogP contribution < -0.4 is 0 Å². The summed E-state index contributed by atoms with van der Waals surface area (Å²) in [5.74, 6) is 0. The molecule has 0 aromatic heterocycles. The summed E-state index contributed by atoms with van der Waals surface area (Å²) < 4.78 is 5.35. The number of hydrogen-bond donors (Lipinski definition) is 2. The van der Waals surface area contributed by atoms with Crippen LogP contribution in [0.2, 0.25) is 0 Å². The number of halogens is 1. The smallest absolute Gasteiger partial charge is 0.0910 e. The fraction of sp³-hybridized carbons (Fsp3) is 0.455. The fourth-order valence-corrected chi connectivity index (χ4v) is 1.57. The van der Waals surface area contributed by atoms with E-state index in [9.17, 15) is 5.11 Å². The normalized spacial score (nSPS) is 14.9. The Labute approximate surface area is 103 Å². The van der Waals surface area contributed by atoms with E-state index in [1.54, 1.807) is 0 Å². The molecule has 1 aromatic rings. The second-order valence-electron chi connectivity index (χ2n) is 3.27. The van der Waals surface area contributed by atoms with Crippen LogP contribution in [0.3, 0.4) is 0 Å². The van der Waals surface area contributed by atoms with Crippen LogP contribution >= 0.6 is 22.6 Å². The minimum Gasteiger partial charge on any atom is -0.394 e. The maximum absolute atomic E-state index is 9.29. The fourth-order valence-electron chi connectivity index (χ4n) is 1.09. The van der Waals surface area contributed by atoms with Crippen LogP contribution in [0.5, 0.6) is 0 Å². The van der Waals surface area contributed by atoms with Gasteiger partial charge in [-0.15, -0.1) is 0 Å². The summed E-state index contributed by atoms with van der Waals surface area (Å²) in [4.78, 5) is 0. The molecule has 0 fully saturated rings. The van der Waals surface area contributed by atoms with Gasteiger partial charge in [0.25, 0.3) is 0 Å². The molecule has 1 rings (SSSR count). The van der Waals surface area contributed by atoms with Crippen LogP contribution in [0.4, 0.5) is 0 Å². The van der Waals surface area contributed by atoms with Crippen molar-refractivity contribution in [3.05, 3.63) is 35.9 Å². The van der Waals surface area contributed by atoms with E-state index in [-0.39, 0.29) is 10.5 Å². The molecule has 0 radical (unpaired) electrons. The first-order valence-electron chi connectivity index (χ1n) is 4.78. The summed E-state index contributed by atoms with van der Waals surface area (Å²) in [6.07, 6.45) is -0.707. The maximum atomic E-state index is 9.29. The topological polar surface area (TPSA) is 49.7 Å². The first kappa shape index (κ1) is 12.9. The zero-order valence-corrected chi connectivity index (χ0v) is 10.5. The lowest BCUT2D eigenvalue weighted by Gasteiger charge is -2.14. The zero-order valence-electron chi connectivity index (χ0n) is 8.34. The number of benzene rings is 1. The monoisotopic (exact) mass is 322 g/mol. The highest BCUT2D eigenvalue weighted by Crippen LogP contribution is 2.08. The van der Waals surface area contributed by atoms with Crippen molar-refractivity contribution in [3.8, 4) is 0 Å². The van der Waals surface area contributed by atoms with E-state index in [1.165, 1.54) is 0 Å². The van der Waals surface area contributed by atoms with E-state index in [0.29, 0.717) is 13.2 Å². The van der Waals surface area contributed by atoms with Gasteiger partial charge in [-0.1, -0.05) is 52.9 Å². The van der Waals surface area contributed by atoms with Crippen molar-refractivity contribution in [1.29, 1.82) is 0 Å². The molecule has 4 heteroatoms. The van der Waals surface area contributed by atoms with Gasteiger partial charge in [-0.3, -0.25) is 0 Å². The van der Waals surface area contributed by atoms with Gasteiger partial charge in [-0.05, 0) is 5.56 Å². The van der Waals surface area contributed by atoms with E-state index in [0.717, 1.165) is 5.56 Å². The van der Waals surface area contributed by atoms with Crippen molar-refractivity contribution in [2.75, 3.05) is 13.2 Å². The Balaban J connectivity index is 2.22. The average Bonchev–Trinajstić information content (AvgIpc) is 2.29. The molecule has 0 unspecified atom stereocenters. The number of alkyl halides is 1. The van der Waals surface area contributed by atoms with E-state index in [2.05, 4.69) is 22.6 Å². The Bertz CT molecular complexity index is 266. The molecule has 0 heterocycles. The molecule has 0 aliphatic rings. The van der Waals surface area contributed by atoms with Gasteiger partial charge in [0.2, 0.25) is 0 Å². The van der Waals surface area contributed by atoms with Crippen molar-refractivity contribution in [1.82, 2.24) is 0 Å². The Morgan fingerprint density at radius 2 is 1.93 bits per heavy atom. The van der Waals surface area contributed by atoms with E-state index < -0.39 is 6.10 Å². The van der Waals surface area contributed by atoms with Gasteiger partial charge in [-0.2, -0.15) is 0 Å². The second kappa shape index (κ2) is 7.16. The highest BCUT2D eigenvalue weighted by molar-refractivity contribution is 14.1. The van der Waals surface area contributed by atoms with Crippen molar-refractivity contribution in [2.45, 2.75) is 16.6 Å². The SMILES string of the molecule is OC[C@@H](O)[C@@H](I)COCc1ccccc1. The molecule has 0 saturated carbocycles. The standard InChI is InChI=1S/C11H15IO3/c12-10(11(14)6-13)8-15-7-9-4-2-1-3-5-9/h1-5,10-11,13-14H,6-8H2/t10-,11+/m0/s1. The Hall–Kier alpha value is -0.170. The summed E-state index contributed by atoms with van der Waals surface area (Å²) >= 11 is 2.08. The Morgan fingerprint density at radius 1 is 1.27 bits per heavy atom. The summed E-state index contributed by atoms with van der Waals surface area (Å²) in [7, 11) is 0. The molecule has 2 N–H and O–H groups in total. The molecule has 2 atom stereocenters. The molecule has 84 valence electrons. The van der Waals surface area contributed by atoms with Gasteiger partial charge in [0.15, 0.2) is 0 Å². The van der Waals surface area contributed by atoms with Crippen molar-refractivity contribution < 1.29 is 14.9 Å². The highest BCUT2D eigenvalue weighted by atomic mass is 127. The van der Waals surface area contributed by atoms with Gasteiger partial charge in [-0.25, -0.2) is 0 Å². The number of aliphatic hydroxyl groups is 2. The van der Waals surface area contributed by atoms with Gasteiger partial charge >= 0.3 is 0 Å². The third-order valence-corrected chi connectivity index (χ3v) is 3.18. The van der Waals surface area contributed by atoms with Crippen molar-refractivity contribution >= 4 is 22.6 Å². The molecule has 1 aromatic carbocycles. The molecule has 0 saturated heterocycles. The minimum atomic E-state index is -0.707. The summed E-state index contributed by atoms with van der Waals surface area (Å²) in [6.45, 7) is 0.762. The lowest BCUT2D eigenvalue weighted by atomic mass is 10.2. The Kier molecular flexibility index (Phi) is 6.16. The molecule has 0 amide bonds. The largest absolute Gasteiger partial charge is 0.394 e. The molecular formula is C11H15IO3. The van der Waals surface area contributed by atoms with Gasteiger partial charge in [0, 0.05) is 0 Å². The number of ether oxygens (including phenoxy) is 1. The quantitative estimate of drug-likeness (QED) is 0.614. The molecule has 15 heavy (non-hydrogen) atoms. The van der Waals surface area contributed by atoms with Gasteiger partial charge in [0.1, 0.15) is 0 Å². The third kappa shape index (κ3) is 4.92. The molecule has 0 aliphatic heterocycles. The Morgan fingerprint density at radius 3 is 2.53 bits per heavy atom. The predicted octanol–water partition coefficient (Wildman–Crippen LogP) is 1.36. The van der Waals surface area contributed by atoms with Crippen molar-refractivity contribution in [3.63, 3.8) is 0 Å². The summed E-state index contributed by atoms with van der Waals surface area (Å²) in [5, 5.41) is 18.0. The van der Waals surface area contributed by atoms with E-state index in [1.807, 2.05) is 30.3 Å². The first-order valence-corrected chi connectivity index (χ1v) is 6.03. The third-order valence-electron chi connectivity index (χ3n) is 1.99. The summed E-state index contributed by atoms with van der Waals surface area (Å²) in [6, 6.07) is 9.86. The van der Waals surface area contributed by atoms with Gasteiger partial charge < -0.3 is 14.9 Å². The van der Waals surface area contributed by atoms with Crippen molar-refractivity contribution in [2.24, 2.45) is 0 Å². The number of aliphatic hydroxyl groups excluding tert-OH is 2. The van der Waals surface area contributed by atoms with Crippen LogP contribution in [-0.2, 0) is 11.3 Å². The van der Waals surface area contributed by atoms with Crippen LogP contribution in [0.25, 0.3) is 0 Å².